The van der Waals surface area contributed by atoms with Gasteiger partial charge >= 0.3 is 0 Å². The van der Waals surface area contributed by atoms with Crippen LogP contribution in [0.4, 0.5) is 4.39 Å². The minimum absolute atomic E-state index is 0.0442. The fourth-order valence-corrected chi connectivity index (χ4v) is 2.49. The molecular formula is C14H10Cl3FO. The smallest absolute Gasteiger partial charge is 0.146 e. The maximum Gasteiger partial charge on any atom is 0.146 e. The zero-order valence-corrected chi connectivity index (χ0v) is 12.2. The van der Waals surface area contributed by atoms with E-state index in [1.165, 1.54) is 13.2 Å². The van der Waals surface area contributed by atoms with E-state index in [0.29, 0.717) is 21.9 Å². The van der Waals surface area contributed by atoms with Crippen LogP contribution in [-0.4, -0.2) is 7.11 Å². The topological polar surface area (TPSA) is 9.23 Å². The second kappa shape index (κ2) is 6.00. The summed E-state index contributed by atoms with van der Waals surface area (Å²) in [6.07, 6.45) is 0. The standard InChI is InChI=1S/C14H10Cl3FO/c1-19-12-6-5-8(7-11(12)16)13(17)9-3-2-4-10(15)14(9)18/h2-7,13H,1H3. The van der Waals surface area contributed by atoms with Gasteiger partial charge in [-0.1, -0.05) is 41.4 Å². The number of ether oxygens (including phenoxy) is 1. The molecule has 100 valence electrons. The molecule has 1 atom stereocenters. The maximum absolute atomic E-state index is 13.9. The van der Waals surface area contributed by atoms with Crippen molar-refractivity contribution in [3.8, 4) is 5.75 Å². The van der Waals surface area contributed by atoms with E-state index in [2.05, 4.69) is 0 Å². The summed E-state index contributed by atoms with van der Waals surface area (Å²) in [6, 6.07) is 9.81. The largest absolute Gasteiger partial charge is 0.495 e. The number of rotatable bonds is 3. The van der Waals surface area contributed by atoms with Crippen LogP contribution in [0.1, 0.15) is 16.5 Å². The highest BCUT2D eigenvalue weighted by Gasteiger charge is 2.18. The van der Waals surface area contributed by atoms with Crippen LogP contribution in [0.3, 0.4) is 0 Å². The zero-order valence-electron chi connectivity index (χ0n) is 9.96. The zero-order chi connectivity index (χ0) is 14.0. The number of hydrogen-bond acceptors (Lipinski definition) is 1. The quantitative estimate of drug-likeness (QED) is 0.682. The SMILES string of the molecule is COc1ccc(C(Cl)c2cccc(Cl)c2F)cc1Cl. The van der Waals surface area contributed by atoms with Gasteiger partial charge in [-0.15, -0.1) is 11.6 Å². The van der Waals surface area contributed by atoms with Gasteiger partial charge in [0.05, 0.1) is 22.5 Å². The highest BCUT2D eigenvalue weighted by atomic mass is 35.5. The molecule has 0 saturated heterocycles. The number of benzene rings is 2. The minimum atomic E-state index is -0.665. The van der Waals surface area contributed by atoms with E-state index in [1.54, 1.807) is 30.3 Å². The third-order valence-corrected chi connectivity index (χ3v) is 3.80. The van der Waals surface area contributed by atoms with Crippen LogP contribution in [0.15, 0.2) is 36.4 Å². The van der Waals surface area contributed by atoms with Gasteiger partial charge in [-0.25, -0.2) is 4.39 Å². The van der Waals surface area contributed by atoms with E-state index < -0.39 is 11.2 Å². The van der Waals surface area contributed by atoms with Crippen LogP contribution in [0.25, 0.3) is 0 Å². The van der Waals surface area contributed by atoms with Crippen molar-refractivity contribution in [1.29, 1.82) is 0 Å². The first-order chi connectivity index (χ1) is 9.04. The summed E-state index contributed by atoms with van der Waals surface area (Å²) in [6.45, 7) is 0. The van der Waals surface area contributed by atoms with Gasteiger partial charge in [0.1, 0.15) is 11.6 Å². The van der Waals surface area contributed by atoms with Gasteiger partial charge in [-0.3, -0.25) is 0 Å². The van der Waals surface area contributed by atoms with Crippen LogP contribution >= 0.6 is 34.8 Å². The summed E-state index contributed by atoms with van der Waals surface area (Å²) < 4.78 is 19.0. The molecule has 0 aliphatic rings. The highest BCUT2D eigenvalue weighted by molar-refractivity contribution is 6.32. The third kappa shape index (κ3) is 2.97. The molecule has 19 heavy (non-hydrogen) atoms. The Bertz CT molecular complexity index is 601. The van der Waals surface area contributed by atoms with Gasteiger partial charge in [-0.05, 0) is 23.8 Å². The Morgan fingerprint density at radius 3 is 2.47 bits per heavy atom. The van der Waals surface area contributed by atoms with E-state index in [9.17, 15) is 4.39 Å². The minimum Gasteiger partial charge on any atom is -0.495 e. The van der Waals surface area contributed by atoms with Crippen LogP contribution in [-0.2, 0) is 0 Å². The fraction of sp³-hybridized carbons (Fsp3) is 0.143. The van der Waals surface area contributed by atoms with Crippen molar-refractivity contribution in [3.63, 3.8) is 0 Å². The molecule has 0 radical (unpaired) electrons. The second-order valence-electron chi connectivity index (χ2n) is 3.90. The molecule has 2 aromatic rings. The lowest BCUT2D eigenvalue weighted by Crippen LogP contribution is -1.98. The summed E-state index contributed by atoms with van der Waals surface area (Å²) in [4.78, 5) is 0. The van der Waals surface area contributed by atoms with Gasteiger partial charge in [0.25, 0.3) is 0 Å². The maximum atomic E-state index is 13.9. The molecule has 0 heterocycles. The van der Waals surface area contributed by atoms with Crippen LogP contribution < -0.4 is 4.74 Å². The van der Waals surface area contributed by atoms with Gasteiger partial charge < -0.3 is 4.74 Å². The van der Waals surface area contributed by atoms with Crippen LogP contribution in [0.5, 0.6) is 5.75 Å². The predicted octanol–water partition coefficient (Wildman–Crippen LogP) is 5.47. The van der Waals surface area contributed by atoms with Gasteiger partial charge in [-0.2, -0.15) is 0 Å². The molecule has 0 amide bonds. The first-order valence-corrected chi connectivity index (χ1v) is 6.65. The van der Waals surface area contributed by atoms with Crippen molar-refractivity contribution < 1.29 is 9.13 Å². The number of alkyl halides is 1. The van der Waals surface area contributed by atoms with Gasteiger partial charge in [0, 0.05) is 5.56 Å². The van der Waals surface area contributed by atoms with Crippen molar-refractivity contribution in [2.75, 3.05) is 7.11 Å². The number of halogens is 4. The van der Waals surface area contributed by atoms with Gasteiger partial charge in [0.15, 0.2) is 0 Å². The Labute approximate surface area is 125 Å². The van der Waals surface area contributed by atoms with Crippen molar-refractivity contribution in [1.82, 2.24) is 0 Å². The Kier molecular flexibility index (Phi) is 4.56. The normalized spacial score (nSPS) is 12.3. The highest BCUT2D eigenvalue weighted by Crippen LogP contribution is 2.36. The molecule has 1 nitrogen and oxygen atoms in total. The van der Waals surface area contributed by atoms with Crippen molar-refractivity contribution in [3.05, 3.63) is 63.4 Å². The summed E-state index contributed by atoms with van der Waals surface area (Å²) in [7, 11) is 1.52. The van der Waals surface area contributed by atoms with Crippen LogP contribution in [0, 0.1) is 5.82 Å². The molecule has 1 unspecified atom stereocenters. The number of methoxy groups -OCH3 is 1. The van der Waals surface area contributed by atoms with E-state index >= 15 is 0 Å². The van der Waals surface area contributed by atoms with Crippen molar-refractivity contribution in [2.45, 2.75) is 5.38 Å². The molecule has 0 aliphatic carbocycles. The van der Waals surface area contributed by atoms with E-state index in [1.807, 2.05) is 0 Å². The van der Waals surface area contributed by atoms with Crippen molar-refractivity contribution in [2.24, 2.45) is 0 Å². The lowest BCUT2D eigenvalue weighted by molar-refractivity contribution is 0.415. The molecule has 0 N–H and O–H groups in total. The van der Waals surface area contributed by atoms with Crippen molar-refractivity contribution >= 4 is 34.8 Å². The fourth-order valence-electron chi connectivity index (χ4n) is 1.74. The monoisotopic (exact) mass is 318 g/mol. The molecule has 0 saturated carbocycles. The molecule has 2 aromatic carbocycles. The molecule has 0 aliphatic heterocycles. The molecule has 5 heteroatoms. The Hall–Kier alpha value is -0.960. The summed E-state index contributed by atoms with van der Waals surface area (Å²) in [5.41, 5.74) is 0.990. The summed E-state index contributed by atoms with van der Waals surface area (Å²) in [5, 5.41) is -0.196. The third-order valence-electron chi connectivity index (χ3n) is 2.72. The van der Waals surface area contributed by atoms with E-state index in [0.717, 1.165) is 0 Å². The Morgan fingerprint density at radius 2 is 1.84 bits per heavy atom. The second-order valence-corrected chi connectivity index (χ2v) is 5.15. The first kappa shape index (κ1) is 14.4. The Balaban J connectivity index is 2.41. The summed E-state index contributed by atoms with van der Waals surface area (Å²) >= 11 is 18.1. The summed E-state index contributed by atoms with van der Waals surface area (Å²) in [5.74, 6) is 0.0250. The van der Waals surface area contributed by atoms with Gasteiger partial charge in [0.2, 0.25) is 0 Å². The molecule has 0 aromatic heterocycles. The van der Waals surface area contributed by atoms with E-state index in [-0.39, 0.29) is 5.02 Å². The average molecular weight is 320 g/mol. The average Bonchev–Trinajstić information content (AvgIpc) is 2.41. The molecule has 0 fully saturated rings. The molecular weight excluding hydrogens is 310 g/mol. The molecule has 0 spiro atoms. The van der Waals surface area contributed by atoms with E-state index in [4.69, 9.17) is 39.5 Å². The Morgan fingerprint density at radius 1 is 1.11 bits per heavy atom. The lowest BCUT2D eigenvalue weighted by atomic mass is 10.0. The molecule has 0 bridgehead atoms. The predicted molar refractivity (Wildman–Crippen MR) is 77.1 cm³/mol. The first-order valence-electron chi connectivity index (χ1n) is 5.46. The lowest BCUT2D eigenvalue weighted by Gasteiger charge is -2.13. The molecule has 2 rings (SSSR count). The number of hydrogen-bond donors (Lipinski definition) is 0. The van der Waals surface area contributed by atoms with Crippen LogP contribution in [0.2, 0.25) is 10.0 Å².